The Morgan fingerprint density at radius 2 is 1.89 bits per heavy atom. The second-order valence-electron chi connectivity index (χ2n) is 4.27. The average Bonchev–Trinajstić information content (AvgIpc) is 2.39. The van der Waals surface area contributed by atoms with Gasteiger partial charge in [-0.25, -0.2) is 4.79 Å². The monoisotopic (exact) mass is 256 g/mol. The van der Waals surface area contributed by atoms with E-state index in [-0.39, 0.29) is 5.75 Å². The molecule has 0 amide bonds. The minimum Gasteiger partial charge on any atom is -0.508 e. The maximum absolute atomic E-state index is 12.0. The second kappa shape index (κ2) is 5.57. The molecule has 0 fully saturated rings. The fourth-order valence-electron chi connectivity index (χ4n) is 2.13. The fourth-order valence-corrected chi connectivity index (χ4v) is 2.13. The lowest BCUT2D eigenvalue weighted by molar-refractivity contribution is 0.0526. The van der Waals surface area contributed by atoms with E-state index in [4.69, 9.17) is 4.74 Å². The maximum Gasteiger partial charge on any atom is 0.338 e. The molecule has 0 spiro atoms. The first-order valence-electron chi connectivity index (χ1n) is 6.19. The van der Waals surface area contributed by atoms with E-state index in [1.54, 1.807) is 13.0 Å². The summed E-state index contributed by atoms with van der Waals surface area (Å²) in [5, 5.41) is 9.67. The highest BCUT2D eigenvalue weighted by molar-refractivity contribution is 5.98. The number of benzene rings is 2. The first kappa shape index (κ1) is 13.1. The van der Waals surface area contributed by atoms with Crippen LogP contribution in [-0.4, -0.2) is 17.7 Å². The molecular formula is C16H16O3. The van der Waals surface area contributed by atoms with Gasteiger partial charge in [-0.1, -0.05) is 30.3 Å². The van der Waals surface area contributed by atoms with E-state index in [0.717, 1.165) is 16.7 Å². The summed E-state index contributed by atoms with van der Waals surface area (Å²) in [5.41, 5.74) is 2.97. The van der Waals surface area contributed by atoms with Crippen molar-refractivity contribution in [3.05, 3.63) is 53.6 Å². The van der Waals surface area contributed by atoms with Crippen LogP contribution in [0.15, 0.2) is 42.5 Å². The van der Waals surface area contributed by atoms with Crippen molar-refractivity contribution in [1.82, 2.24) is 0 Å². The van der Waals surface area contributed by atoms with Crippen molar-refractivity contribution in [2.45, 2.75) is 13.8 Å². The van der Waals surface area contributed by atoms with Gasteiger partial charge in [0.1, 0.15) is 5.75 Å². The lowest BCUT2D eigenvalue weighted by Crippen LogP contribution is -2.07. The van der Waals surface area contributed by atoms with Crippen molar-refractivity contribution in [3.63, 3.8) is 0 Å². The number of carbonyl (C=O) groups excluding carboxylic acids is 1. The number of hydrogen-bond donors (Lipinski definition) is 1. The van der Waals surface area contributed by atoms with Gasteiger partial charge in [-0.05, 0) is 42.7 Å². The van der Waals surface area contributed by atoms with Gasteiger partial charge in [0.05, 0.1) is 12.2 Å². The zero-order chi connectivity index (χ0) is 13.8. The Bertz CT molecular complexity index is 588. The van der Waals surface area contributed by atoms with Crippen molar-refractivity contribution < 1.29 is 14.6 Å². The standard InChI is InChI=1S/C16H16O3/c1-3-19-16(18)14-10-13(17)9-11(2)15(14)12-7-5-4-6-8-12/h4-10,17H,3H2,1-2H3. The fraction of sp³-hybridized carbons (Fsp3) is 0.188. The highest BCUT2D eigenvalue weighted by Gasteiger charge is 2.17. The molecule has 3 nitrogen and oxygen atoms in total. The molecule has 1 N–H and O–H groups in total. The van der Waals surface area contributed by atoms with Crippen LogP contribution in [-0.2, 0) is 4.74 Å². The molecule has 19 heavy (non-hydrogen) atoms. The SMILES string of the molecule is CCOC(=O)c1cc(O)cc(C)c1-c1ccccc1. The quantitative estimate of drug-likeness (QED) is 0.854. The van der Waals surface area contributed by atoms with Crippen LogP contribution in [0.1, 0.15) is 22.8 Å². The number of phenols is 1. The Morgan fingerprint density at radius 1 is 1.21 bits per heavy atom. The van der Waals surface area contributed by atoms with Crippen LogP contribution in [0.3, 0.4) is 0 Å². The predicted molar refractivity (Wildman–Crippen MR) is 74.2 cm³/mol. The van der Waals surface area contributed by atoms with Crippen LogP contribution in [0, 0.1) is 6.92 Å². The summed E-state index contributed by atoms with van der Waals surface area (Å²) in [7, 11) is 0. The molecular weight excluding hydrogens is 240 g/mol. The normalized spacial score (nSPS) is 10.2. The van der Waals surface area contributed by atoms with E-state index in [2.05, 4.69) is 0 Å². The molecule has 0 aromatic heterocycles. The molecule has 0 atom stereocenters. The molecule has 0 radical (unpaired) electrons. The van der Waals surface area contributed by atoms with E-state index in [9.17, 15) is 9.90 Å². The van der Waals surface area contributed by atoms with E-state index in [1.165, 1.54) is 6.07 Å². The van der Waals surface area contributed by atoms with Gasteiger partial charge in [0.2, 0.25) is 0 Å². The van der Waals surface area contributed by atoms with Crippen molar-refractivity contribution >= 4 is 5.97 Å². The highest BCUT2D eigenvalue weighted by Crippen LogP contribution is 2.31. The molecule has 0 aliphatic rings. The molecule has 0 aliphatic heterocycles. The number of esters is 1. The summed E-state index contributed by atoms with van der Waals surface area (Å²) in [6.45, 7) is 3.93. The Hall–Kier alpha value is -2.29. The van der Waals surface area contributed by atoms with E-state index >= 15 is 0 Å². The minimum atomic E-state index is -0.416. The summed E-state index contributed by atoms with van der Waals surface area (Å²) in [6, 6.07) is 12.7. The third-order valence-electron chi connectivity index (χ3n) is 2.88. The molecule has 0 bridgehead atoms. The predicted octanol–water partition coefficient (Wildman–Crippen LogP) is 3.54. The molecule has 3 heteroatoms. The molecule has 2 aromatic carbocycles. The van der Waals surface area contributed by atoms with Gasteiger partial charge in [-0.3, -0.25) is 0 Å². The van der Waals surface area contributed by atoms with E-state index in [1.807, 2.05) is 37.3 Å². The van der Waals surface area contributed by atoms with Crippen molar-refractivity contribution in [2.75, 3.05) is 6.61 Å². The summed E-state index contributed by atoms with van der Waals surface area (Å²) < 4.78 is 5.05. The summed E-state index contributed by atoms with van der Waals surface area (Å²) in [6.07, 6.45) is 0. The lowest BCUT2D eigenvalue weighted by atomic mass is 9.94. The smallest absolute Gasteiger partial charge is 0.338 e. The van der Waals surface area contributed by atoms with Crippen LogP contribution in [0.2, 0.25) is 0 Å². The van der Waals surface area contributed by atoms with Crippen LogP contribution in [0.4, 0.5) is 0 Å². The van der Waals surface area contributed by atoms with E-state index in [0.29, 0.717) is 12.2 Å². The first-order valence-corrected chi connectivity index (χ1v) is 6.19. The third kappa shape index (κ3) is 2.76. The Morgan fingerprint density at radius 3 is 2.53 bits per heavy atom. The minimum absolute atomic E-state index is 0.0697. The zero-order valence-corrected chi connectivity index (χ0v) is 11.0. The van der Waals surface area contributed by atoms with Crippen LogP contribution >= 0.6 is 0 Å². The molecule has 0 aliphatic carbocycles. The number of carbonyl (C=O) groups is 1. The maximum atomic E-state index is 12.0. The highest BCUT2D eigenvalue weighted by atomic mass is 16.5. The summed E-state index contributed by atoms with van der Waals surface area (Å²) >= 11 is 0. The number of rotatable bonds is 3. The van der Waals surface area contributed by atoms with Gasteiger partial charge in [0, 0.05) is 0 Å². The van der Waals surface area contributed by atoms with Gasteiger partial charge >= 0.3 is 5.97 Å². The zero-order valence-electron chi connectivity index (χ0n) is 11.0. The molecule has 0 unspecified atom stereocenters. The second-order valence-corrected chi connectivity index (χ2v) is 4.27. The van der Waals surface area contributed by atoms with Gasteiger partial charge in [0.25, 0.3) is 0 Å². The van der Waals surface area contributed by atoms with Crippen LogP contribution in [0.5, 0.6) is 5.75 Å². The molecule has 0 saturated carbocycles. The van der Waals surface area contributed by atoms with Gasteiger partial charge in [-0.2, -0.15) is 0 Å². The Kier molecular flexibility index (Phi) is 3.85. The molecule has 2 aromatic rings. The van der Waals surface area contributed by atoms with Crippen molar-refractivity contribution in [1.29, 1.82) is 0 Å². The Labute approximate surface area is 112 Å². The Balaban J connectivity index is 2.62. The average molecular weight is 256 g/mol. The number of phenolic OH excluding ortho intramolecular Hbond substituents is 1. The van der Waals surface area contributed by atoms with Crippen molar-refractivity contribution in [2.24, 2.45) is 0 Å². The number of aromatic hydroxyl groups is 1. The summed E-state index contributed by atoms with van der Waals surface area (Å²) in [5.74, 6) is -0.347. The first-order chi connectivity index (χ1) is 9.13. The number of ether oxygens (including phenoxy) is 1. The lowest BCUT2D eigenvalue weighted by Gasteiger charge is -2.13. The van der Waals surface area contributed by atoms with Crippen LogP contribution < -0.4 is 0 Å². The van der Waals surface area contributed by atoms with Gasteiger partial charge < -0.3 is 9.84 Å². The van der Waals surface area contributed by atoms with Gasteiger partial charge in [-0.15, -0.1) is 0 Å². The third-order valence-corrected chi connectivity index (χ3v) is 2.88. The van der Waals surface area contributed by atoms with Crippen molar-refractivity contribution in [3.8, 4) is 16.9 Å². The number of hydrogen-bond acceptors (Lipinski definition) is 3. The van der Waals surface area contributed by atoms with Gasteiger partial charge in [0.15, 0.2) is 0 Å². The van der Waals surface area contributed by atoms with Crippen LogP contribution in [0.25, 0.3) is 11.1 Å². The molecule has 0 saturated heterocycles. The van der Waals surface area contributed by atoms with E-state index < -0.39 is 5.97 Å². The largest absolute Gasteiger partial charge is 0.508 e. The number of aryl methyl sites for hydroxylation is 1. The molecule has 98 valence electrons. The summed E-state index contributed by atoms with van der Waals surface area (Å²) in [4.78, 5) is 12.0. The molecule has 2 rings (SSSR count). The topological polar surface area (TPSA) is 46.5 Å². The molecule has 0 heterocycles.